The van der Waals surface area contributed by atoms with E-state index in [1.54, 1.807) is 11.8 Å². The van der Waals surface area contributed by atoms with Crippen molar-refractivity contribution < 1.29 is 19.1 Å². The third-order valence-corrected chi connectivity index (χ3v) is 5.19. The second-order valence-electron chi connectivity index (χ2n) is 6.32. The molecule has 0 spiro atoms. The summed E-state index contributed by atoms with van der Waals surface area (Å²) < 4.78 is 5.10. The topological polar surface area (TPSA) is 86.9 Å². The Kier molecular flexibility index (Phi) is 3.68. The predicted molar refractivity (Wildman–Crippen MR) is 77.5 cm³/mol. The summed E-state index contributed by atoms with van der Waals surface area (Å²) in [5, 5.41) is 9.74. The van der Waals surface area contributed by atoms with Crippen LogP contribution in [0, 0.1) is 12.3 Å². The third kappa shape index (κ3) is 2.20. The van der Waals surface area contributed by atoms with Crippen LogP contribution in [-0.2, 0) is 4.79 Å². The number of amides is 1. The number of likely N-dealkylation sites (tertiary alicyclic amines) is 2. The first kappa shape index (κ1) is 15.0. The van der Waals surface area contributed by atoms with Crippen molar-refractivity contribution in [3.63, 3.8) is 0 Å². The van der Waals surface area contributed by atoms with Gasteiger partial charge in [0.15, 0.2) is 12.1 Å². The van der Waals surface area contributed by atoms with Gasteiger partial charge in [0, 0.05) is 19.1 Å². The first-order valence-corrected chi connectivity index (χ1v) is 7.59. The number of rotatable bonds is 2. The van der Waals surface area contributed by atoms with Gasteiger partial charge in [0.05, 0.1) is 5.41 Å². The lowest BCUT2D eigenvalue weighted by Crippen LogP contribution is -2.63. The number of carbonyl (C=O) groups is 2. The smallest absolute Gasteiger partial charge is 0.311 e. The minimum absolute atomic E-state index is 0.149. The third-order valence-electron chi connectivity index (χ3n) is 5.19. The second-order valence-corrected chi connectivity index (χ2v) is 6.32. The van der Waals surface area contributed by atoms with Crippen molar-refractivity contribution in [1.82, 2.24) is 14.8 Å². The van der Waals surface area contributed by atoms with Crippen molar-refractivity contribution in [2.45, 2.75) is 32.2 Å². The molecule has 0 saturated carbocycles. The SMILES string of the molecule is Cc1ocnc1C(=O)N1CC[C@@]2(C(=O)O)CCCN(C)[C@@H]2C1. The molecule has 0 radical (unpaired) electrons. The van der Waals surface area contributed by atoms with E-state index in [0.29, 0.717) is 37.4 Å². The van der Waals surface area contributed by atoms with E-state index in [2.05, 4.69) is 9.88 Å². The second kappa shape index (κ2) is 5.39. The van der Waals surface area contributed by atoms with Crippen molar-refractivity contribution in [2.75, 3.05) is 26.7 Å². The lowest BCUT2D eigenvalue weighted by Gasteiger charge is -2.51. The van der Waals surface area contributed by atoms with Gasteiger partial charge in [-0.2, -0.15) is 0 Å². The first-order valence-electron chi connectivity index (χ1n) is 7.59. The number of oxazole rings is 1. The lowest BCUT2D eigenvalue weighted by molar-refractivity contribution is -0.161. The van der Waals surface area contributed by atoms with Crippen LogP contribution in [0.2, 0.25) is 0 Å². The number of aryl methyl sites for hydroxylation is 1. The molecule has 1 N–H and O–H groups in total. The number of aromatic nitrogens is 1. The Balaban J connectivity index is 1.84. The van der Waals surface area contributed by atoms with Crippen molar-refractivity contribution in [1.29, 1.82) is 0 Å². The number of carboxylic acids is 1. The van der Waals surface area contributed by atoms with Crippen LogP contribution in [0.5, 0.6) is 0 Å². The van der Waals surface area contributed by atoms with Gasteiger partial charge >= 0.3 is 5.97 Å². The minimum Gasteiger partial charge on any atom is -0.481 e. The van der Waals surface area contributed by atoms with E-state index in [4.69, 9.17) is 4.42 Å². The van der Waals surface area contributed by atoms with E-state index < -0.39 is 11.4 Å². The predicted octanol–water partition coefficient (Wildman–Crippen LogP) is 0.994. The summed E-state index contributed by atoms with van der Waals surface area (Å²) in [6, 6.07) is -0.149. The Morgan fingerprint density at radius 3 is 2.82 bits per heavy atom. The molecule has 22 heavy (non-hydrogen) atoms. The Morgan fingerprint density at radius 1 is 1.41 bits per heavy atom. The van der Waals surface area contributed by atoms with Crippen molar-refractivity contribution in [3.05, 3.63) is 17.8 Å². The molecule has 1 amide bonds. The van der Waals surface area contributed by atoms with Crippen LogP contribution in [0.25, 0.3) is 0 Å². The molecule has 1 aromatic heterocycles. The van der Waals surface area contributed by atoms with E-state index in [0.717, 1.165) is 13.0 Å². The molecule has 0 aliphatic carbocycles. The number of likely N-dealkylation sites (N-methyl/N-ethyl adjacent to an activating group) is 1. The van der Waals surface area contributed by atoms with E-state index in [9.17, 15) is 14.7 Å². The molecule has 3 rings (SSSR count). The number of aliphatic carboxylic acids is 1. The fourth-order valence-electron chi connectivity index (χ4n) is 3.83. The van der Waals surface area contributed by atoms with E-state index in [-0.39, 0.29) is 11.9 Å². The van der Waals surface area contributed by atoms with Crippen molar-refractivity contribution >= 4 is 11.9 Å². The first-order chi connectivity index (χ1) is 10.5. The molecular formula is C15H21N3O4. The molecule has 7 heteroatoms. The van der Waals surface area contributed by atoms with Gasteiger partial charge in [-0.1, -0.05) is 0 Å². The average Bonchev–Trinajstić information content (AvgIpc) is 2.92. The van der Waals surface area contributed by atoms with Crippen LogP contribution in [-0.4, -0.2) is 64.5 Å². The molecule has 2 aliphatic heterocycles. The standard InChI is InChI=1S/C15H21N3O4/c1-10-12(16-9-22-10)13(19)18-7-5-15(14(20)21)4-3-6-17(2)11(15)8-18/h9,11H,3-8H2,1-2H3,(H,20,21)/t11-,15+/m1/s1. The Morgan fingerprint density at radius 2 is 2.18 bits per heavy atom. The quantitative estimate of drug-likeness (QED) is 0.877. The highest BCUT2D eigenvalue weighted by Gasteiger charge is 2.53. The molecule has 3 heterocycles. The monoisotopic (exact) mass is 307 g/mol. The average molecular weight is 307 g/mol. The largest absolute Gasteiger partial charge is 0.481 e. The highest BCUT2D eigenvalue weighted by Crippen LogP contribution is 2.42. The highest BCUT2D eigenvalue weighted by molar-refractivity contribution is 5.93. The summed E-state index contributed by atoms with van der Waals surface area (Å²) in [4.78, 5) is 32.2. The van der Waals surface area contributed by atoms with Crippen LogP contribution in [0.15, 0.2) is 10.8 Å². The summed E-state index contributed by atoms with van der Waals surface area (Å²) in [5.41, 5.74) is -0.413. The van der Waals surface area contributed by atoms with Gasteiger partial charge in [0.1, 0.15) is 5.76 Å². The maximum absolute atomic E-state index is 12.6. The Hall–Kier alpha value is -1.89. The van der Waals surface area contributed by atoms with E-state index in [1.165, 1.54) is 6.39 Å². The molecular weight excluding hydrogens is 286 g/mol. The summed E-state index contributed by atoms with van der Waals surface area (Å²) in [5.74, 6) is -0.421. The van der Waals surface area contributed by atoms with Gasteiger partial charge in [0.2, 0.25) is 0 Å². The summed E-state index contributed by atoms with van der Waals surface area (Å²) in [6.45, 7) is 3.44. The van der Waals surface area contributed by atoms with Gasteiger partial charge < -0.3 is 19.3 Å². The fourth-order valence-corrected chi connectivity index (χ4v) is 3.83. The van der Waals surface area contributed by atoms with Crippen LogP contribution >= 0.6 is 0 Å². The molecule has 2 fully saturated rings. The molecule has 0 bridgehead atoms. The summed E-state index contributed by atoms with van der Waals surface area (Å²) in [6.07, 6.45) is 3.32. The van der Waals surface area contributed by atoms with Crippen LogP contribution in [0.4, 0.5) is 0 Å². The summed E-state index contributed by atoms with van der Waals surface area (Å²) >= 11 is 0. The van der Waals surface area contributed by atoms with E-state index >= 15 is 0 Å². The molecule has 2 saturated heterocycles. The minimum atomic E-state index is -0.742. The van der Waals surface area contributed by atoms with Crippen LogP contribution < -0.4 is 0 Å². The number of nitrogens with zero attached hydrogens (tertiary/aromatic N) is 3. The van der Waals surface area contributed by atoms with Crippen LogP contribution in [0.3, 0.4) is 0 Å². The van der Waals surface area contributed by atoms with Crippen LogP contribution in [0.1, 0.15) is 35.5 Å². The number of hydrogen-bond acceptors (Lipinski definition) is 5. The molecule has 7 nitrogen and oxygen atoms in total. The number of carbonyl (C=O) groups excluding carboxylic acids is 1. The molecule has 0 unspecified atom stereocenters. The zero-order valence-corrected chi connectivity index (χ0v) is 12.9. The number of piperidine rings is 2. The van der Waals surface area contributed by atoms with Crippen molar-refractivity contribution in [2.24, 2.45) is 5.41 Å². The zero-order chi connectivity index (χ0) is 15.9. The number of carboxylic acid groups (broad SMARTS) is 1. The van der Waals surface area contributed by atoms with Gasteiger partial charge in [-0.15, -0.1) is 0 Å². The normalized spacial score (nSPS) is 29.2. The number of fused-ring (bicyclic) bond motifs is 1. The lowest BCUT2D eigenvalue weighted by atomic mass is 9.68. The zero-order valence-electron chi connectivity index (χ0n) is 12.9. The molecule has 120 valence electrons. The van der Waals surface area contributed by atoms with E-state index in [1.807, 2.05) is 7.05 Å². The van der Waals surface area contributed by atoms with Gasteiger partial charge in [0.25, 0.3) is 5.91 Å². The number of hydrogen-bond donors (Lipinski definition) is 1. The van der Waals surface area contributed by atoms with Gasteiger partial charge in [-0.3, -0.25) is 9.59 Å². The summed E-state index contributed by atoms with van der Waals surface area (Å²) in [7, 11) is 1.94. The molecule has 2 atom stereocenters. The Labute approximate surface area is 128 Å². The maximum Gasteiger partial charge on any atom is 0.311 e. The Bertz CT molecular complexity index is 599. The molecule has 0 aromatic carbocycles. The molecule has 2 aliphatic rings. The van der Waals surface area contributed by atoms with Gasteiger partial charge in [-0.05, 0) is 39.8 Å². The van der Waals surface area contributed by atoms with Gasteiger partial charge in [-0.25, -0.2) is 4.98 Å². The highest BCUT2D eigenvalue weighted by atomic mass is 16.4. The van der Waals surface area contributed by atoms with Crippen molar-refractivity contribution in [3.8, 4) is 0 Å². The maximum atomic E-state index is 12.6. The molecule has 1 aromatic rings. The fraction of sp³-hybridized carbons (Fsp3) is 0.667.